The van der Waals surface area contributed by atoms with Gasteiger partial charge in [0.2, 0.25) is 23.6 Å². The third-order valence-corrected chi connectivity index (χ3v) is 14.4. The van der Waals surface area contributed by atoms with Gasteiger partial charge >= 0.3 is 0 Å². The summed E-state index contributed by atoms with van der Waals surface area (Å²) >= 11 is 0. The summed E-state index contributed by atoms with van der Waals surface area (Å²) in [6.45, 7) is 0. The summed E-state index contributed by atoms with van der Waals surface area (Å²) in [5.74, 6) is 1.85. The van der Waals surface area contributed by atoms with Crippen molar-refractivity contribution < 1.29 is 8.83 Å². The number of rotatable bonds is 14. The van der Waals surface area contributed by atoms with E-state index in [1.165, 1.54) is 0 Å². The molecule has 0 amide bonds. The fraction of sp³-hybridized carbons (Fsp3) is 0. The van der Waals surface area contributed by atoms with Crippen LogP contribution in [0.5, 0.6) is 0 Å². The second kappa shape index (κ2) is 21.8. The van der Waals surface area contributed by atoms with E-state index in [0.717, 1.165) is 112 Å². The van der Waals surface area contributed by atoms with Crippen LogP contribution in [0, 0.1) is 0 Å². The van der Waals surface area contributed by atoms with E-state index in [0.29, 0.717) is 23.6 Å². The molecule has 0 spiro atoms. The Labute approximate surface area is 473 Å². The summed E-state index contributed by atoms with van der Waals surface area (Å²) in [7, 11) is 0. The van der Waals surface area contributed by atoms with Gasteiger partial charge in [-0.1, -0.05) is 158 Å². The summed E-state index contributed by atoms with van der Waals surface area (Å²) in [4.78, 5) is 15.2. The maximum absolute atomic E-state index is 6.16. The molecular formula is C72H48N8O2. The van der Waals surface area contributed by atoms with Crippen LogP contribution in [0.2, 0.25) is 0 Å². The van der Waals surface area contributed by atoms with Gasteiger partial charge in [0.05, 0.1) is 22.4 Å². The van der Waals surface area contributed by atoms with Crippen molar-refractivity contribution in [2.75, 3.05) is 9.80 Å². The zero-order chi connectivity index (χ0) is 54.6. The van der Waals surface area contributed by atoms with Gasteiger partial charge < -0.3 is 18.6 Å². The van der Waals surface area contributed by atoms with E-state index in [-0.39, 0.29) is 0 Å². The molecule has 0 aliphatic heterocycles. The van der Waals surface area contributed by atoms with Gasteiger partial charge in [-0.3, -0.25) is 0 Å². The first-order valence-electron chi connectivity index (χ1n) is 27.0. The van der Waals surface area contributed by atoms with Gasteiger partial charge in [-0.05, 0) is 156 Å². The lowest BCUT2D eigenvalue weighted by Crippen LogP contribution is -2.10. The van der Waals surface area contributed by atoms with E-state index in [4.69, 9.17) is 18.8 Å². The van der Waals surface area contributed by atoms with Crippen molar-refractivity contribution in [3.63, 3.8) is 0 Å². The first-order valence-corrected chi connectivity index (χ1v) is 27.0. The Morgan fingerprint density at radius 1 is 0.207 bits per heavy atom. The molecule has 0 fully saturated rings. The van der Waals surface area contributed by atoms with E-state index in [9.17, 15) is 0 Å². The molecule has 10 heteroatoms. The van der Waals surface area contributed by atoms with Gasteiger partial charge in [0.25, 0.3) is 0 Å². The van der Waals surface area contributed by atoms with Gasteiger partial charge in [-0.2, -0.15) is 0 Å². The SMILES string of the molecule is c1ccc(-c2cccc(N(c3ccc(-c4nnc(-c5ccccc5)o4)cc3)c3ccc(-c4nc5ccccc5nc4-c4ccc(N(c5ccc(-c6nnc(-c7ccccc7)o6)cc5)c5cccc(-c6ccccc6)c5)cc4)cc3)c2)cc1. The summed E-state index contributed by atoms with van der Waals surface area (Å²) < 4.78 is 12.3. The van der Waals surface area contributed by atoms with E-state index in [1.54, 1.807) is 0 Å². The summed E-state index contributed by atoms with van der Waals surface area (Å²) in [5, 5.41) is 17.5. The molecule has 388 valence electrons. The molecule has 10 nitrogen and oxygen atoms in total. The highest BCUT2D eigenvalue weighted by Gasteiger charge is 2.21. The minimum Gasteiger partial charge on any atom is -0.416 e. The molecule has 0 atom stereocenters. The number of benzene rings is 11. The molecule has 0 N–H and O–H groups in total. The molecule has 0 radical (unpaired) electrons. The number of hydrogen-bond acceptors (Lipinski definition) is 10. The van der Waals surface area contributed by atoms with Crippen LogP contribution in [0.15, 0.2) is 300 Å². The molecule has 0 bridgehead atoms. The molecule has 0 saturated heterocycles. The van der Waals surface area contributed by atoms with Crippen molar-refractivity contribution in [3.05, 3.63) is 291 Å². The monoisotopic (exact) mass is 1060 g/mol. The van der Waals surface area contributed by atoms with Crippen LogP contribution in [0.25, 0.3) is 102 Å². The Balaban J connectivity index is 0.818. The number of aromatic nitrogens is 6. The minimum absolute atomic E-state index is 0.450. The van der Waals surface area contributed by atoms with Crippen molar-refractivity contribution in [3.8, 4) is 90.6 Å². The molecule has 11 aromatic carbocycles. The Morgan fingerprint density at radius 3 is 0.805 bits per heavy atom. The number of para-hydroxylation sites is 2. The van der Waals surface area contributed by atoms with Crippen LogP contribution < -0.4 is 9.80 Å². The molecule has 82 heavy (non-hydrogen) atoms. The summed E-state index contributed by atoms with van der Waals surface area (Å²) in [5.41, 5.74) is 18.7. The number of fused-ring (bicyclic) bond motifs is 1. The lowest BCUT2D eigenvalue weighted by Gasteiger charge is -2.26. The minimum atomic E-state index is 0.450. The van der Waals surface area contributed by atoms with Gasteiger partial charge in [-0.25, -0.2) is 9.97 Å². The Bertz CT molecular complexity index is 4190. The fourth-order valence-electron chi connectivity index (χ4n) is 10.3. The van der Waals surface area contributed by atoms with E-state index < -0.39 is 0 Å². The van der Waals surface area contributed by atoms with Crippen LogP contribution in [-0.2, 0) is 0 Å². The quantitative estimate of drug-likeness (QED) is 0.104. The van der Waals surface area contributed by atoms with Crippen LogP contribution >= 0.6 is 0 Å². The third-order valence-electron chi connectivity index (χ3n) is 14.4. The Kier molecular flexibility index (Phi) is 13.0. The van der Waals surface area contributed by atoms with E-state index in [1.807, 2.05) is 121 Å². The molecular weight excluding hydrogens is 1010 g/mol. The molecule has 14 rings (SSSR count). The predicted molar refractivity (Wildman–Crippen MR) is 328 cm³/mol. The maximum atomic E-state index is 6.16. The largest absolute Gasteiger partial charge is 0.416 e. The van der Waals surface area contributed by atoms with Gasteiger partial charge in [0.1, 0.15) is 0 Å². The predicted octanol–water partition coefficient (Wildman–Crippen LogP) is 18.7. The topological polar surface area (TPSA) is 110 Å². The van der Waals surface area contributed by atoms with Gasteiger partial charge in [0.15, 0.2) is 0 Å². The zero-order valence-electron chi connectivity index (χ0n) is 44.1. The third kappa shape index (κ3) is 9.95. The molecule has 3 heterocycles. The first-order chi connectivity index (χ1) is 40.6. The molecule has 3 aromatic heterocycles. The summed E-state index contributed by atoms with van der Waals surface area (Å²) in [6.07, 6.45) is 0. The molecule has 0 unspecified atom stereocenters. The highest BCUT2D eigenvalue weighted by atomic mass is 16.4. The number of anilines is 6. The van der Waals surface area contributed by atoms with E-state index >= 15 is 0 Å². The smallest absolute Gasteiger partial charge is 0.248 e. The highest BCUT2D eigenvalue weighted by Crippen LogP contribution is 2.42. The van der Waals surface area contributed by atoms with Crippen molar-refractivity contribution in [2.24, 2.45) is 0 Å². The fourth-order valence-corrected chi connectivity index (χ4v) is 10.3. The van der Waals surface area contributed by atoms with Crippen molar-refractivity contribution in [1.29, 1.82) is 0 Å². The average molecular weight is 1060 g/mol. The first kappa shape index (κ1) is 49.0. The number of nitrogens with zero attached hydrogens (tertiary/aromatic N) is 8. The second-order valence-corrected chi connectivity index (χ2v) is 19.7. The second-order valence-electron chi connectivity index (χ2n) is 19.7. The maximum Gasteiger partial charge on any atom is 0.248 e. The molecule has 0 saturated carbocycles. The lowest BCUT2D eigenvalue weighted by molar-refractivity contribution is 0.584. The molecule has 14 aromatic rings. The standard InChI is InChI=1S/C72H48N8O2/c1-5-17-49(18-6-1)57-25-15-27-63(47-57)79(61-43-35-55(36-44-61)71-77-75-69(81-71)53-21-9-3-10-22-53)59-39-31-51(32-40-59)67-68(74-66-30-14-13-29-65(66)73-67)52-33-41-60(42-34-52)80(64-28-16-26-58(48-64)50-19-7-2-8-20-50)62-45-37-56(38-46-62)72-78-76-70(82-72)54-23-11-4-12-24-54/h1-48H. The average Bonchev–Trinajstić information content (AvgIpc) is 4.33. The Hall–Kier alpha value is -11.4. The van der Waals surface area contributed by atoms with Crippen molar-refractivity contribution >= 4 is 45.2 Å². The zero-order valence-corrected chi connectivity index (χ0v) is 44.1. The van der Waals surface area contributed by atoms with Crippen LogP contribution in [0.1, 0.15) is 0 Å². The van der Waals surface area contributed by atoms with Gasteiger partial charge in [-0.15, -0.1) is 20.4 Å². The summed E-state index contributed by atoms with van der Waals surface area (Å²) in [6, 6.07) is 99.4. The number of hydrogen-bond donors (Lipinski definition) is 0. The normalized spacial score (nSPS) is 11.2. The van der Waals surface area contributed by atoms with Crippen LogP contribution in [0.4, 0.5) is 34.1 Å². The van der Waals surface area contributed by atoms with Crippen LogP contribution in [0.3, 0.4) is 0 Å². The van der Waals surface area contributed by atoms with Crippen molar-refractivity contribution in [2.45, 2.75) is 0 Å². The molecule has 0 aliphatic carbocycles. The molecule has 0 aliphatic rings. The highest BCUT2D eigenvalue weighted by molar-refractivity contribution is 5.89. The van der Waals surface area contributed by atoms with Gasteiger partial charge in [0, 0.05) is 67.5 Å². The van der Waals surface area contributed by atoms with E-state index in [2.05, 4.69) is 200 Å². The lowest BCUT2D eigenvalue weighted by atomic mass is 10.0. The Morgan fingerprint density at radius 2 is 0.476 bits per heavy atom. The van der Waals surface area contributed by atoms with Crippen LogP contribution in [-0.4, -0.2) is 30.4 Å². The van der Waals surface area contributed by atoms with Crippen molar-refractivity contribution in [1.82, 2.24) is 30.4 Å².